The predicted molar refractivity (Wildman–Crippen MR) is 75.9 cm³/mol. The van der Waals surface area contributed by atoms with Crippen molar-refractivity contribution in [3.8, 4) is 11.3 Å². The van der Waals surface area contributed by atoms with Gasteiger partial charge in [-0.25, -0.2) is 0 Å². The number of ketones is 1. The molecule has 96 valence electrons. The van der Waals surface area contributed by atoms with E-state index >= 15 is 0 Å². The van der Waals surface area contributed by atoms with Crippen LogP contribution in [0, 0.1) is 0 Å². The van der Waals surface area contributed by atoms with Gasteiger partial charge in [-0.1, -0.05) is 18.2 Å². The normalized spacial score (nSPS) is 12.6. The summed E-state index contributed by atoms with van der Waals surface area (Å²) >= 11 is 0. The lowest BCUT2D eigenvalue weighted by Crippen LogP contribution is -2.19. The van der Waals surface area contributed by atoms with Gasteiger partial charge in [0.2, 0.25) is 5.78 Å². The van der Waals surface area contributed by atoms with Gasteiger partial charge in [0, 0.05) is 29.6 Å². The molecule has 1 aliphatic rings. The van der Waals surface area contributed by atoms with Gasteiger partial charge in [0.1, 0.15) is 5.69 Å². The van der Waals surface area contributed by atoms with E-state index < -0.39 is 0 Å². The first-order chi connectivity index (χ1) is 9.70. The van der Waals surface area contributed by atoms with Crippen LogP contribution in [0.2, 0.25) is 0 Å². The first-order valence-electron chi connectivity index (χ1n) is 6.32. The second-order valence-corrected chi connectivity index (χ2v) is 4.86. The molecule has 0 bridgehead atoms. The van der Waals surface area contributed by atoms with Crippen LogP contribution < -0.4 is 5.56 Å². The molecule has 4 nitrogen and oxygen atoms in total. The summed E-state index contributed by atoms with van der Waals surface area (Å²) in [5.74, 6) is -0.109. The van der Waals surface area contributed by atoms with Crippen LogP contribution in [0.1, 0.15) is 16.1 Å². The highest BCUT2D eigenvalue weighted by molar-refractivity contribution is 6.25. The van der Waals surface area contributed by atoms with Crippen molar-refractivity contribution in [2.45, 2.75) is 0 Å². The SMILES string of the molecule is Cn1c2c(c3ccccc3c1=O)C(=O)c1ncccc1-2. The van der Waals surface area contributed by atoms with E-state index in [1.165, 1.54) is 0 Å². The predicted octanol–water partition coefficient (Wildman–Crippen LogP) is 2.14. The van der Waals surface area contributed by atoms with E-state index in [2.05, 4.69) is 4.98 Å². The van der Waals surface area contributed by atoms with Gasteiger partial charge in [0.05, 0.1) is 11.3 Å². The summed E-state index contributed by atoms with van der Waals surface area (Å²) in [5, 5.41) is 1.27. The minimum Gasteiger partial charge on any atom is -0.310 e. The third kappa shape index (κ3) is 1.18. The first kappa shape index (κ1) is 11.1. The molecule has 1 aromatic carbocycles. The third-order valence-electron chi connectivity index (χ3n) is 3.81. The average molecular weight is 262 g/mol. The Morgan fingerprint density at radius 1 is 1.00 bits per heavy atom. The Hall–Kier alpha value is -2.75. The average Bonchev–Trinajstić information content (AvgIpc) is 2.79. The van der Waals surface area contributed by atoms with Crippen LogP contribution in [0.5, 0.6) is 0 Å². The van der Waals surface area contributed by atoms with Crippen LogP contribution in [-0.2, 0) is 7.05 Å². The molecule has 0 spiro atoms. The summed E-state index contributed by atoms with van der Waals surface area (Å²) in [5.41, 5.74) is 2.31. The lowest BCUT2D eigenvalue weighted by atomic mass is 10.0. The van der Waals surface area contributed by atoms with E-state index in [0.29, 0.717) is 27.7 Å². The van der Waals surface area contributed by atoms with Crippen molar-refractivity contribution in [3.05, 3.63) is 64.2 Å². The molecule has 0 atom stereocenters. The fourth-order valence-electron chi connectivity index (χ4n) is 2.91. The highest BCUT2D eigenvalue weighted by Crippen LogP contribution is 2.37. The van der Waals surface area contributed by atoms with Gasteiger partial charge in [0.15, 0.2) is 0 Å². The van der Waals surface area contributed by atoms with Crippen molar-refractivity contribution in [3.63, 3.8) is 0 Å². The van der Waals surface area contributed by atoms with E-state index in [1.807, 2.05) is 18.2 Å². The topological polar surface area (TPSA) is 52.0 Å². The molecule has 2 aromatic heterocycles. The second kappa shape index (κ2) is 3.63. The van der Waals surface area contributed by atoms with Gasteiger partial charge in [-0.2, -0.15) is 0 Å². The molecule has 0 amide bonds. The van der Waals surface area contributed by atoms with Crippen molar-refractivity contribution in [2.24, 2.45) is 7.05 Å². The monoisotopic (exact) mass is 262 g/mol. The Balaban J connectivity index is 2.30. The maximum absolute atomic E-state index is 12.6. The fraction of sp³-hybridized carbons (Fsp3) is 0.0625. The Kier molecular flexibility index (Phi) is 2.02. The lowest BCUT2D eigenvalue weighted by molar-refractivity contribution is 0.104. The summed E-state index contributed by atoms with van der Waals surface area (Å²) < 4.78 is 1.54. The lowest BCUT2D eigenvalue weighted by Gasteiger charge is -2.10. The quantitative estimate of drug-likeness (QED) is 0.488. The van der Waals surface area contributed by atoms with Gasteiger partial charge in [-0.15, -0.1) is 0 Å². The number of benzene rings is 1. The number of nitrogens with zero attached hydrogens (tertiary/aromatic N) is 2. The molecule has 0 unspecified atom stereocenters. The maximum Gasteiger partial charge on any atom is 0.258 e. The number of hydrogen-bond acceptors (Lipinski definition) is 3. The minimum atomic E-state index is -0.109. The summed E-state index contributed by atoms with van der Waals surface area (Å²) in [6, 6.07) is 10.8. The Morgan fingerprint density at radius 3 is 2.55 bits per heavy atom. The molecular weight excluding hydrogens is 252 g/mol. The van der Waals surface area contributed by atoms with Crippen molar-refractivity contribution >= 4 is 16.6 Å². The number of aromatic nitrogens is 2. The number of carbonyl (C=O) groups excluding carboxylic acids is 1. The number of fused-ring (bicyclic) bond motifs is 5. The molecule has 20 heavy (non-hydrogen) atoms. The van der Waals surface area contributed by atoms with Gasteiger partial charge in [-0.3, -0.25) is 14.6 Å². The van der Waals surface area contributed by atoms with Crippen molar-refractivity contribution in [2.75, 3.05) is 0 Å². The molecule has 1 aliphatic carbocycles. The molecule has 0 fully saturated rings. The zero-order valence-electron chi connectivity index (χ0n) is 10.8. The zero-order chi connectivity index (χ0) is 13.9. The van der Waals surface area contributed by atoms with Crippen molar-refractivity contribution in [1.82, 2.24) is 9.55 Å². The van der Waals surface area contributed by atoms with Gasteiger partial charge in [-0.05, 0) is 18.2 Å². The molecular formula is C16H10N2O2. The van der Waals surface area contributed by atoms with Crippen LogP contribution in [0.4, 0.5) is 0 Å². The smallest absolute Gasteiger partial charge is 0.258 e. The highest BCUT2D eigenvalue weighted by atomic mass is 16.1. The number of hydrogen-bond donors (Lipinski definition) is 0. The van der Waals surface area contributed by atoms with E-state index in [-0.39, 0.29) is 11.3 Å². The highest BCUT2D eigenvalue weighted by Gasteiger charge is 2.32. The number of pyridine rings is 2. The van der Waals surface area contributed by atoms with E-state index in [9.17, 15) is 9.59 Å². The molecule has 0 saturated heterocycles. The molecule has 0 aliphatic heterocycles. The van der Waals surface area contributed by atoms with Gasteiger partial charge < -0.3 is 4.57 Å². The standard InChI is InChI=1S/C16H10N2O2/c1-18-14-11-7-4-8-17-13(11)15(19)12(14)9-5-2-3-6-10(9)16(18)20/h2-8H,1H3. The summed E-state index contributed by atoms with van der Waals surface area (Å²) in [6.07, 6.45) is 1.60. The molecule has 0 saturated carbocycles. The third-order valence-corrected chi connectivity index (χ3v) is 3.81. The number of carbonyl (C=O) groups is 1. The van der Waals surface area contributed by atoms with E-state index in [1.54, 1.807) is 36.0 Å². The first-order valence-corrected chi connectivity index (χ1v) is 6.32. The van der Waals surface area contributed by atoms with E-state index in [0.717, 1.165) is 5.56 Å². The second-order valence-electron chi connectivity index (χ2n) is 4.86. The summed E-state index contributed by atoms with van der Waals surface area (Å²) in [7, 11) is 1.70. The van der Waals surface area contributed by atoms with Crippen molar-refractivity contribution < 1.29 is 4.79 Å². The molecule has 0 radical (unpaired) electrons. The Bertz CT molecular complexity index is 954. The van der Waals surface area contributed by atoms with Crippen LogP contribution in [0.3, 0.4) is 0 Å². The van der Waals surface area contributed by atoms with Crippen LogP contribution in [0.15, 0.2) is 47.4 Å². The number of rotatable bonds is 0. The van der Waals surface area contributed by atoms with E-state index in [4.69, 9.17) is 0 Å². The van der Waals surface area contributed by atoms with Crippen LogP contribution >= 0.6 is 0 Å². The fourth-order valence-corrected chi connectivity index (χ4v) is 2.91. The maximum atomic E-state index is 12.6. The van der Waals surface area contributed by atoms with Crippen molar-refractivity contribution in [1.29, 1.82) is 0 Å². The molecule has 0 N–H and O–H groups in total. The summed E-state index contributed by atoms with van der Waals surface area (Å²) in [4.78, 5) is 29.2. The molecule has 4 heteroatoms. The van der Waals surface area contributed by atoms with Gasteiger partial charge >= 0.3 is 0 Å². The Labute approximate surface area is 114 Å². The zero-order valence-corrected chi connectivity index (χ0v) is 10.8. The largest absolute Gasteiger partial charge is 0.310 e. The van der Waals surface area contributed by atoms with Crippen LogP contribution in [-0.4, -0.2) is 15.3 Å². The van der Waals surface area contributed by atoms with Crippen LogP contribution in [0.25, 0.3) is 22.0 Å². The summed E-state index contributed by atoms with van der Waals surface area (Å²) in [6.45, 7) is 0. The molecule has 2 heterocycles. The van der Waals surface area contributed by atoms with Gasteiger partial charge in [0.25, 0.3) is 5.56 Å². The molecule has 3 aromatic rings. The molecule has 4 rings (SSSR count). The minimum absolute atomic E-state index is 0.0937. The Morgan fingerprint density at radius 2 is 1.75 bits per heavy atom.